The number of aromatic carboxylic acids is 1. The number of amides is 1. The Morgan fingerprint density at radius 1 is 1.06 bits per heavy atom. The molecule has 0 radical (unpaired) electrons. The van der Waals surface area contributed by atoms with E-state index in [0.717, 1.165) is 28.8 Å². The number of H-pyrrole nitrogens is 1. The molecule has 0 spiro atoms. The molecule has 1 amide bonds. The summed E-state index contributed by atoms with van der Waals surface area (Å²) in [4.78, 5) is 27.2. The Morgan fingerprint density at radius 2 is 1.77 bits per heavy atom. The van der Waals surface area contributed by atoms with Crippen LogP contribution >= 0.6 is 0 Å². The van der Waals surface area contributed by atoms with Gasteiger partial charge in [-0.1, -0.05) is 49.7 Å². The van der Waals surface area contributed by atoms with Gasteiger partial charge in [0.05, 0.1) is 11.1 Å². The first-order chi connectivity index (χ1) is 14.9. The molecule has 0 unspecified atom stereocenters. The summed E-state index contributed by atoms with van der Waals surface area (Å²) in [5, 5.41) is 12.4. The predicted molar refractivity (Wildman–Crippen MR) is 124 cm³/mol. The maximum Gasteiger partial charge on any atom is 0.337 e. The second-order valence-corrected chi connectivity index (χ2v) is 8.04. The van der Waals surface area contributed by atoms with Crippen LogP contribution in [0.15, 0.2) is 42.5 Å². The minimum atomic E-state index is -0.975. The molecule has 0 saturated carbocycles. The van der Waals surface area contributed by atoms with E-state index in [2.05, 4.69) is 41.5 Å². The zero-order valence-electron chi connectivity index (χ0n) is 18.0. The van der Waals surface area contributed by atoms with E-state index in [4.69, 9.17) is 0 Å². The van der Waals surface area contributed by atoms with Crippen molar-refractivity contribution in [1.82, 2.24) is 4.98 Å². The fourth-order valence-electron chi connectivity index (χ4n) is 4.15. The minimum Gasteiger partial charge on any atom is -0.478 e. The van der Waals surface area contributed by atoms with Crippen molar-refractivity contribution < 1.29 is 14.7 Å². The van der Waals surface area contributed by atoms with Gasteiger partial charge in [0.25, 0.3) is 5.91 Å². The molecule has 158 valence electrons. The number of rotatable bonds is 6. The quantitative estimate of drug-likeness (QED) is 0.444. The summed E-state index contributed by atoms with van der Waals surface area (Å²) in [6.07, 6.45) is 5.19. The van der Waals surface area contributed by atoms with Crippen molar-refractivity contribution in [3.63, 3.8) is 0 Å². The van der Waals surface area contributed by atoms with Gasteiger partial charge in [-0.15, -0.1) is 0 Å². The van der Waals surface area contributed by atoms with Crippen LogP contribution in [0.25, 0.3) is 22.8 Å². The van der Waals surface area contributed by atoms with Gasteiger partial charge < -0.3 is 15.4 Å². The number of hydrogen-bond acceptors (Lipinski definition) is 2. The van der Waals surface area contributed by atoms with E-state index in [1.165, 1.54) is 18.4 Å². The maximum atomic E-state index is 12.7. The summed E-state index contributed by atoms with van der Waals surface area (Å²) in [7, 11) is 0. The number of carboxylic acids is 1. The predicted octanol–water partition coefficient (Wildman–Crippen LogP) is 5.83. The van der Waals surface area contributed by atoms with Gasteiger partial charge >= 0.3 is 5.97 Å². The SMILES string of the molecule is CCCCc1ccc(-c2ccc3c(c2)NC(=O)/C3=C\c2[nH]c(C)c(C(=O)O)c2C)cc1. The van der Waals surface area contributed by atoms with E-state index in [1.807, 2.05) is 18.2 Å². The number of hydrogen-bond donors (Lipinski definition) is 3. The molecule has 2 aromatic carbocycles. The first-order valence-electron chi connectivity index (χ1n) is 10.6. The molecular weight excluding hydrogens is 388 g/mol. The van der Waals surface area contributed by atoms with Gasteiger partial charge in [0.1, 0.15) is 0 Å². The molecule has 1 aliphatic rings. The van der Waals surface area contributed by atoms with Crippen LogP contribution < -0.4 is 5.32 Å². The first-order valence-corrected chi connectivity index (χ1v) is 10.6. The molecule has 0 bridgehead atoms. The van der Waals surface area contributed by atoms with Crippen LogP contribution in [0.5, 0.6) is 0 Å². The maximum absolute atomic E-state index is 12.7. The average molecular weight is 415 g/mol. The van der Waals surface area contributed by atoms with Gasteiger partial charge in [-0.2, -0.15) is 0 Å². The van der Waals surface area contributed by atoms with E-state index in [9.17, 15) is 14.7 Å². The number of anilines is 1. The number of unbranched alkanes of at least 4 members (excludes halogenated alkanes) is 1. The number of aromatic amines is 1. The molecule has 4 rings (SSSR count). The Labute approximate surface area is 181 Å². The van der Waals surface area contributed by atoms with Crippen LogP contribution in [0.1, 0.15) is 58.2 Å². The molecule has 0 saturated heterocycles. The summed E-state index contributed by atoms with van der Waals surface area (Å²) >= 11 is 0. The van der Waals surface area contributed by atoms with Crippen LogP contribution in [0.4, 0.5) is 5.69 Å². The molecule has 0 atom stereocenters. The van der Waals surface area contributed by atoms with E-state index in [0.29, 0.717) is 22.5 Å². The zero-order chi connectivity index (χ0) is 22.1. The van der Waals surface area contributed by atoms with Crippen LogP contribution in [0.3, 0.4) is 0 Å². The molecule has 3 aromatic rings. The van der Waals surface area contributed by atoms with E-state index < -0.39 is 5.97 Å². The van der Waals surface area contributed by atoms with Gasteiger partial charge in [0.15, 0.2) is 0 Å². The molecule has 31 heavy (non-hydrogen) atoms. The first kappa shape index (κ1) is 20.7. The number of fused-ring (bicyclic) bond motifs is 1. The monoisotopic (exact) mass is 414 g/mol. The Kier molecular flexibility index (Phi) is 5.51. The number of carboxylic acid groups (broad SMARTS) is 1. The van der Waals surface area contributed by atoms with Crippen LogP contribution in [-0.2, 0) is 11.2 Å². The Balaban J connectivity index is 1.66. The fraction of sp³-hybridized carbons (Fsp3) is 0.231. The van der Waals surface area contributed by atoms with Gasteiger partial charge in [0, 0.05) is 22.6 Å². The van der Waals surface area contributed by atoms with Gasteiger partial charge in [-0.05, 0) is 61.1 Å². The number of aryl methyl sites for hydroxylation is 2. The molecule has 5 nitrogen and oxygen atoms in total. The highest BCUT2D eigenvalue weighted by molar-refractivity contribution is 6.35. The topological polar surface area (TPSA) is 82.2 Å². The van der Waals surface area contributed by atoms with Crippen molar-refractivity contribution in [3.8, 4) is 11.1 Å². The van der Waals surface area contributed by atoms with Gasteiger partial charge in [-0.3, -0.25) is 4.79 Å². The molecular formula is C26H26N2O3. The summed E-state index contributed by atoms with van der Waals surface area (Å²) < 4.78 is 0. The molecule has 1 aliphatic heterocycles. The highest BCUT2D eigenvalue weighted by atomic mass is 16.4. The third-order valence-electron chi connectivity index (χ3n) is 5.89. The van der Waals surface area contributed by atoms with Crippen LogP contribution in [0, 0.1) is 13.8 Å². The van der Waals surface area contributed by atoms with Crippen molar-refractivity contribution in [3.05, 3.63) is 76.1 Å². The number of carbonyl (C=O) groups excluding carboxylic acids is 1. The summed E-state index contributed by atoms with van der Waals surface area (Å²) in [5.41, 5.74) is 7.69. The molecule has 0 aliphatic carbocycles. The average Bonchev–Trinajstić information content (AvgIpc) is 3.21. The smallest absolute Gasteiger partial charge is 0.337 e. The van der Waals surface area contributed by atoms with E-state index >= 15 is 0 Å². The Bertz CT molecular complexity index is 1200. The molecule has 1 aromatic heterocycles. The lowest BCUT2D eigenvalue weighted by atomic mass is 9.98. The second kappa shape index (κ2) is 8.26. The fourth-order valence-corrected chi connectivity index (χ4v) is 4.15. The third-order valence-corrected chi connectivity index (χ3v) is 5.89. The van der Waals surface area contributed by atoms with Crippen molar-refractivity contribution >= 4 is 29.2 Å². The Hall–Kier alpha value is -3.60. The minimum absolute atomic E-state index is 0.189. The highest BCUT2D eigenvalue weighted by Crippen LogP contribution is 2.37. The highest BCUT2D eigenvalue weighted by Gasteiger charge is 2.26. The van der Waals surface area contributed by atoms with Crippen LogP contribution in [0.2, 0.25) is 0 Å². The molecule has 5 heteroatoms. The third kappa shape index (κ3) is 3.91. The molecule has 0 fully saturated rings. The summed E-state index contributed by atoms with van der Waals surface area (Å²) in [5.74, 6) is -1.16. The number of nitrogens with one attached hydrogen (secondary N) is 2. The number of carbonyl (C=O) groups is 2. The molecule has 2 heterocycles. The summed E-state index contributed by atoms with van der Waals surface area (Å²) in [6, 6.07) is 14.5. The summed E-state index contributed by atoms with van der Waals surface area (Å²) in [6.45, 7) is 5.67. The van der Waals surface area contributed by atoms with Crippen LogP contribution in [-0.4, -0.2) is 22.0 Å². The number of benzene rings is 2. The lowest BCUT2D eigenvalue weighted by molar-refractivity contribution is -0.110. The van der Waals surface area contributed by atoms with Gasteiger partial charge in [0.2, 0.25) is 0 Å². The lowest BCUT2D eigenvalue weighted by Crippen LogP contribution is -2.03. The van der Waals surface area contributed by atoms with E-state index in [1.54, 1.807) is 19.9 Å². The van der Waals surface area contributed by atoms with E-state index in [-0.39, 0.29) is 11.5 Å². The number of aromatic nitrogens is 1. The largest absolute Gasteiger partial charge is 0.478 e. The normalized spacial score (nSPS) is 14.0. The lowest BCUT2D eigenvalue weighted by Gasteiger charge is -2.07. The second-order valence-electron chi connectivity index (χ2n) is 8.04. The standard InChI is InChI=1S/C26H26N2O3/c1-4-5-6-17-7-9-18(10-8-17)19-11-12-20-21(25(29)28-23(20)13-19)14-22-15(2)24(26(30)31)16(3)27-22/h7-14,27H,4-6H2,1-3H3,(H,28,29)(H,30,31)/b21-14-. The van der Waals surface area contributed by atoms with Crippen molar-refractivity contribution in [2.75, 3.05) is 5.32 Å². The molecule has 3 N–H and O–H groups in total. The van der Waals surface area contributed by atoms with Gasteiger partial charge in [-0.25, -0.2) is 4.79 Å². The van der Waals surface area contributed by atoms with Crippen molar-refractivity contribution in [1.29, 1.82) is 0 Å². The van der Waals surface area contributed by atoms with Crippen molar-refractivity contribution in [2.24, 2.45) is 0 Å². The Morgan fingerprint density at radius 3 is 2.42 bits per heavy atom. The zero-order valence-corrected chi connectivity index (χ0v) is 18.0. The van der Waals surface area contributed by atoms with Crippen molar-refractivity contribution in [2.45, 2.75) is 40.0 Å².